The molecule has 0 bridgehead atoms. The van der Waals surface area contributed by atoms with Crippen LogP contribution in [0.1, 0.15) is 40.0 Å². The lowest BCUT2D eigenvalue weighted by molar-refractivity contribution is 0.574. The second kappa shape index (κ2) is 7.15. The van der Waals surface area contributed by atoms with Crippen molar-refractivity contribution in [2.24, 2.45) is 11.8 Å². The average molecular weight is 166 g/mol. The van der Waals surface area contributed by atoms with Gasteiger partial charge in [0.05, 0.1) is 0 Å². The summed E-state index contributed by atoms with van der Waals surface area (Å²) in [4.78, 5) is 0. The molecule has 0 rings (SSSR count). The zero-order chi connectivity index (χ0) is 9.40. The summed E-state index contributed by atoms with van der Waals surface area (Å²) in [5, 5.41) is 0. The Labute approximate surface area is 77.4 Å². The van der Waals surface area contributed by atoms with Crippen molar-refractivity contribution in [1.82, 2.24) is 0 Å². The first kappa shape index (κ1) is 11.5. The second-order valence-corrected chi connectivity index (χ2v) is 3.66. The Morgan fingerprint density at radius 1 is 1.25 bits per heavy atom. The van der Waals surface area contributed by atoms with Crippen LogP contribution in [0.5, 0.6) is 0 Å². The first-order valence-corrected chi connectivity index (χ1v) is 4.99. The summed E-state index contributed by atoms with van der Waals surface area (Å²) in [5.41, 5.74) is 0. The Hall–Kier alpha value is -0.520. The minimum Gasteiger partial charge on any atom is -0.103 e. The molecule has 0 aromatic heterocycles. The average Bonchev–Trinajstić information content (AvgIpc) is 2.05. The molecule has 0 radical (unpaired) electrons. The van der Waals surface area contributed by atoms with Crippen molar-refractivity contribution < 1.29 is 0 Å². The molecule has 0 amide bonds. The van der Waals surface area contributed by atoms with Crippen LogP contribution in [0.4, 0.5) is 0 Å². The fourth-order valence-corrected chi connectivity index (χ4v) is 1.15. The van der Waals surface area contributed by atoms with E-state index < -0.39 is 0 Å². The van der Waals surface area contributed by atoms with E-state index in [1.54, 1.807) is 0 Å². The van der Waals surface area contributed by atoms with E-state index in [9.17, 15) is 0 Å². The van der Waals surface area contributed by atoms with Crippen molar-refractivity contribution in [3.63, 3.8) is 0 Å². The zero-order valence-corrected chi connectivity index (χ0v) is 8.72. The summed E-state index contributed by atoms with van der Waals surface area (Å²) in [7, 11) is 0. The van der Waals surface area contributed by atoms with Gasteiger partial charge in [0.15, 0.2) is 0 Å². The fourth-order valence-electron chi connectivity index (χ4n) is 1.15. The van der Waals surface area contributed by atoms with Gasteiger partial charge in [-0.1, -0.05) is 39.0 Å². The summed E-state index contributed by atoms with van der Waals surface area (Å²) >= 11 is 0. The molecular weight excluding hydrogens is 144 g/mol. The van der Waals surface area contributed by atoms with Crippen LogP contribution in [0.2, 0.25) is 0 Å². The minimum absolute atomic E-state index is 0.683. The summed E-state index contributed by atoms with van der Waals surface area (Å²) in [5.74, 6) is 1.44. The maximum Gasteiger partial charge on any atom is -0.0233 e. The summed E-state index contributed by atoms with van der Waals surface area (Å²) in [6.07, 6.45) is 10.3. The van der Waals surface area contributed by atoms with Crippen molar-refractivity contribution in [2.45, 2.75) is 40.0 Å². The molecule has 0 aromatic carbocycles. The van der Waals surface area contributed by atoms with Gasteiger partial charge in [0, 0.05) is 0 Å². The first-order valence-electron chi connectivity index (χ1n) is 4.99. The Bertz CT molecular complexity index is 131. The van der Waals surface area contributed by atoms with Gasteiger partial charge in [-0.2, -0.15) is 0 Å². The molecule has 0 heterocycles. The van der Waals surface area contributed by atoms with Crippen LogP contribution in [0.3, 0.4) is 0 Å². The molecule has 0 aromatic rings. The van der Waals surface area contributed by atoms with Crippen LogP contribution in [-0.2, 0) is 0 Å². The monoisotopic (exact) mass is 166 g/mol. The normalized spacial score (nSPS) is 14.0. The topological polar surface area (TPSA) is 0 Å². The van der Waals surface area contributed by atoms with E-state index in [0.717, 1.165) is 12.3 Å². The summed E-state index contributed by atoms with van der Waals surface area (Å²) in [6, 6.07) is 0. The largest absolute Gasteiger partial charge is 0.103 e. The van der Waals surface area contributed by atoms with Gasteiger partial charge in [-0.05, 0) is 31.1 Å². The first-order chi connectivity index (χ1) is 5.70. The molecule has 0 heteroatoms. The van der Waals surface area contributed by atoms with Gasteiger partial charge in [-0.25, -0.2) is 0 Å². The number of allylic oxidation sites excluding steroid dienone is 3. The van der Waals surface area contributed by atoms with E-state index in [-0.39, 0.29) is 0 Å². The lowest BCUT2D eigenvalue weighted by Gasteiger charge is -2.08. The van der Waals surface area contributed by atoms with Crippen molar-refractivity contribution in [1.29, 1.82) is 0 Å². The highest BCUT2D eigenvalue weighted by atomic mass is 14.0. The molecule has 0 spiro atoms. The smallest absolute Gasteiger partial charge is 0.0233 e. The third kappa shape index (κ3) is 6.21. The highest BCUT2D eigenvalue weighted by Crippen LogP contribution is 2.13. The molecule has 70 valence electrons. The van der Waals surface area contributed by atoms with E-state index >= 15 is 0 Å². The van der Waals surface area contributed by atoms with Gasteiger partial charge in [-0.15, -0.1) is 6.58 Å². The summed E-state index contributed by atoms with van der Waals surface area (Å²) < 4.78 is 0. The molecule has 1 unspecified atom stereocenters. The minimum atomic E-state index is 0.683. The maximum absolute atomic E-state index is 3.74. The molecule has 1 atom stereocenters. The van der Waals surface area contributed by atoms with Crippen LogP contribution in [0.15, 0.2) is 24.8 Å². The quantitative estimate of drug-likeness (QED) is 0.519. The van der Waals surface area contributed by atoms with Crippen molar-refractivity contribution in [2.75, 3.05) is 0 Å². The molecular formula is C12H22. The number of hydrogen-bond donors (Lipinski definition) is 0. The van der Waals surface area contributed by atoms with E-state index in [1.807, 2.05) is 6.08 Å². The third-order valence-corrected chi connectivity index (χ3v) is 2.03. The van der Waals surface area contributed by atoms with E-state index in [1.165, 1.54) is 12.8 Å². The molecule has 0 fully saturated rings. The highest BCUT2D eigenvalue weighted by molar-refractivity contribution is 4.90. The molecule has 0 saturated heterocycles. The summed E-state index contributed by atoms with van der Waals surface area (Å²) in [6.45, 7) is 10.4. The number of rotatable bonds is 6. The van der Waals surface area contributed by atoms with Gasteiger partial charge in [0.1, 0.15) is 0 Å². The molecule has 0 aliphatic carbocycles. The molecule has 0 aliphatic rings. The van der Waals surface area contributed by atoms with Crippen molar-refractivity contribution in [3.8, 4) is 0 Å². The predicted molar refractivity (Wildman–Crippen MR) is 57.2 cm³/mol. The van der Waals surface area contributed by atoms with Crippen LogP contribution in [-0.4, -0.2) is 0 Å². The van der Waals surface area contributed by atoms with E-state index in [4.69, 9.17) is 0 Å². The number of hydrogen-bond acceptors (Lipinski definition) is 0. The van der Waals surface area contributed by atoms with Gasteiger partial charge in [0.2, 0.25) is 0 Å². The molecule has 0 N–H and O–H groups in total. The Balaban J connectivity index is 3.73. The SMILES string of the molecule is C=CCCC(/C=C/C(C)C)CC. The van der Waals surface area contributed by atoms with E-state index in [0.29, 0.717) is 5.92 Å². The van der Waals surface area contributed by atoms with Gasteiger partial charge in [0.25, 0.3) is 0 Å². The Morgan fingerprint density at radius 3 is 2.33 bits per heavy atom. The van der Waals surface area contributed by atoms with Crippen molar-refractivity contribution in [3.05, 3.63) is 24.8 Å². The Morgan fingerprint density at radius 2 is 1.92 bits per heavy atom. The highest BCUT2D eigenvalue weighted by Gasteiger charge is 1.99. The molecule has 12 heavy (non-hydrogen) atoms. The van der Waals surface area contributed by atoms with Crippen LogP contribution < -0.4 is 0 Å². The zero-order valence-electron chi connectivity index (χ0n) is 8.72. The molecule has 0 saturated carbocycles. The molecule has 0 aliphatic heterocycles. The third-order valence-electron chi connectivity index (χ3n) is 2.03. The van der Waals surface area contributed by atoms with Crippen LogP contribution in [0, 0.1) is 11.8 Å². The van der Waals surface area contributed by atoms with Gasteiger partial charge < -0.3 is 0 Å². The van der Waals surface area contributed by atoms with Crippen LogP contribution >= 0.6 is 0 Å². The second-order valence-electron chi connectivity index (χ2n) is 3.66. The molecule has 0 nitrogen and oxygen atoms in total. The maximum atomic E-state index is 3.74. The predicted octanol–water partition coefficient (Wildman–Crippen LogP) is 4.19. The fraction of sp³-hybridized carbons (Fsp3) is 0.667. The van der Waals surface area contributed by atoms with Gasteiger partial charge in [-0.3, -0.25) is 0 Å². The Kier molecular flexibility index (Phi) is 6.84. The lowest BCUT2D eigenvalue weighted by atomic mass is 9.98. The van der Waals surface area contributed by atoms with Gasteiger partial charge >= 0.3 is 0 Å². The lowest BCUT2D eigenvalue weighted by Crippen LogP contribution is -1.94. The van der Waals surface area contributed by atoms with Crippen molar-refractivity contribution >= 4 is 0 Å². The van der Waals surface area contributed by atoms with Crippen LogP contribution in [0.25, 0.3) is 0 Å². The van der Waals surface area contributed by atoms with E-state index in [2.05, 4.69) is 39.5 Å². The standard InChI is InChI=1S/C12H22/c1-5-7-8-12(6-2)10-9-11(3)4/h5,9-12H,1,6-8H2,2-4H3/b10-9+.